The Labute approximate surface area is 132 Å². The van der Waals surface area contributed by atoms with Gasteiger partial charge in [0.15, 0.2) is 0 Å². The number of hydrogen-bond acceptors (Lipinski definition) is 4. The van der Waals surface area contributed by atoms with E-state index in [9.17, 15) is 8.42 Å². The summed E-state index contributed by atoms with van der Waals surface area (Å²) in [7, 11) is -1.77. The number of hydrogen-bond donors (Lipinski definition) is 0. The number of sulfonamides is 1. The SMILES string of the molecule is COC[C@@H]1CC[C@H]2[C@H](CCN2S(=O)(=O)c2ccc(C)cc2)O1. The minimum Gasteiger partial charge on any atom is -0.382 e. The van der Waals surface area contributed by atoms with E-state index in [2.05, 4.69) is 0 Å². The van der Waals surface area contributed by atoms with Crippen molar-refractivity contribution in [2.45, 2.75) is 49.3 Å². The average Bonchev–Trinajstić information content (AvgIpc) is 2.92. The van der Waals surface area contributed by atoms with Gasteiger partial charge in [-0.2, -0.15) is 4.31 Å². The zero-order valence-corrected chi connectivity index (χ0v) is 13.9. The maximum Gasteiger partial charge on any atom is 0.243 e. The molecule has 0 spiro atoms. The van der Waals surface area contributed by atoms with Gasteiger partial charge in [-0.1, -0.05) is 17.7 Å². The zero-order valence-electron chi connectivity index (χ0n) is 13.1. The van der Waals surface area contributed by atoms with E-state index in [1.165, 1.54) is 0 Å². The van der Waals surface area contributed by atoms with Crippen LogP contribution in [0.3, 0.4) is 0 Å². The monoisotopic (exact) mass is 325 g/mol. The van der Waals surface area contributed by atoms with Crippen molar-refractivity contribution in [1.82, 2.24) is 4.31 Å². The second-order valence-electron chi connectivity index (χ2n) is 6.11. The Morgan fingerprint density at radius 2 is 1.95 bits per heavy atom. The van der Waals surface area contributed by atoms with Crippen molar-refractivity contribution in [3.05, 3.63) is 29.8 Å². The summed E-state index contributed by atoms with van der Waals surface area (Å²) in [5.41, 5.74) is 1.06. The normalized spacial score (nSPS) is 29.5. The van der Waals surface area contributed by atoms with Gasteiger partial charge in [0.2, 0.25) is 10.0 Å². The highest BCUT2D eigenvalue weighted by Crippen LogP contribution is 2.35. The van der Waals surface area contributed by atoms with Crippen molar-refractivity contribution in [1.29, 1.82) is 0 Å². The molecule has 22 heavy (non-hydrogen) atoms. The Balaban J connectivity index is 1.77. The quantitative estimate of drug-likeness (QED) is 0.849. The number of nitrogens with zero attached hydrogens (tertiary/aromatic N) is 1. The van der Waals surface area contributed by atoms with Gasteiger partial charge in [-0.25, -0.2) is 8.42 Å². The average molecular weight is 325 g/mol. The molecule has 0 saturated carbocycles. The van der Waals surface area contributed by atoms with Gasteiger partial charge in [0.1, 0.15) is 0 Å². The molecule has 0 bridgehead atoms. The number of rotatable bonds is 4. The van der Waals surface area contributed by atoms with Gasteiger partial charge in [-0.3, -0.25) is 0 Å². The second-order valence-corrected chi connectivity index (χ2v) is 8.00. The summed E-state index contributed by atoms with van der Waals surface area (Å²) in [6, 6.07) is 7.02. The van der Waals surface area contributed by atoms with Crippen LogP contribution in [-0.4, -0.2) is 51.2 Å². The molecule has 2 fully saturated rings. The van der Waals surface area contributed by atoms with E-state index in [1.54, 1.807) is 23.5 Å². The van der Waals surface area contributed by atoms with Crippen LogP contribution in [0.4, 0.5) is 0 Å². The van der Waals surface area contributed by atoms with Crippen LogP contribution in [0, 0.1) is 6.92 Å². The van der Waals surface area contributed by atoms with Gasteiger partial charge >= 0.3 is 0 Å². The Hall–Kier alpha value is -0.950. The first-order chi connectivity index (χ1) is 10.5. The summed E-state index contributed by atoms with van der Waals surface area (Å²) >= 11 is 0. The van der Waals surface area contributed by atoms with E-state index in [0.29, 0.717) is 18.0 Å². The molecule has 122 valence electrons. The van der Waals surface area contributed by atoms with Crippen molar-refractivity contribution in [3.63, 3.8) is 0 Å². The maximum atomic E-state index is 12.9. The Morgan fingerprint density at radius 3 is 2.64 bits per heavy atom. The summed E-state index contributed by atoms with van der Waals surface area (Å²) < 4.78 is 38.5. The summed E-state index contributed by atoms with van der Waals surface area (Å²) in [6.07, 6.45) is 2.52. The first kappa shape index (κ1) is 15.9. The smallest absolute Gasteiger partial charge is 0.243 e. The van der Waals surface area contributed by atoms with E-state index in [4.69, 9.17) is 9.47 Å². The van der Waals surface area contributed by atoms with Gasteiger partial charge in [0, 0.05) is 13.7 Å². The third-order valence-corrected chi connectivity index (χ3v) is 6.50. The van der Waals surface area contributed by atoms with Gasteiger partial charge in [0.05, 0.1) is 29.8 Å². The highest BCUT2D eigenvalue weighted by molar-refractivity contribution is 7.89. The second kappa shape index (κ2) is 6.28. The predicted octanol–water partition coefficient (Wildman–Crippen LogP) is 1.95. The van der Waals surface area contributed by atoms with E-state index in [0.717, 1.165) is 24.8 Å². The maximum absolute atomic E-state index is 12.9. The van der Waals surface area contributed by atoms with Crippen LogP contribution in [0.5, 0.6) is 0 Å². The standard InChI is InChI=1S/C16H23NO4S/c1-12-3-6-14(7-4-12)22(18,19)17-10-9-16-15(17)8-5-13(21-16)11-20-2/h3-4,6-7,13,15-16H,5,8-11H2,1-2H3/t13-,15-,16-/m0/s1. The number of ether oxygens (including phenoxy) is 2. The summed E-state index contributed by atoms with van der Waals surface area (Å²) in [4.78, 5) is 0.373. The first-order valence-corrected chi connectivity index (χ1v) is 9.19. The molecule has 0 aromatic heterocycles. The van der Waals surface area contributed by atoms with Crippen LogP contribution >= 0.6 is 0 Å². The molecule has 0 radical (unpaired) electrons. The lowest BCUT2D eigenvalue weighted by Crippen LogP contribution is -2.45. The summed E-state index contributed by atoms with van der Waals surface area (Å²) in [5.74, 6) is 0. The summed E-state index contributed by atoms with van der Waals surface area (Å²) in [6.45, 7) is 3.06. The molecule has 0 N–H and O–H groups in total. The largest absolute Gasteiger partial charge is 0.382 e. The van der Waals surface area contributed by atoms with Crippen LogP contribution in [0.1, 0.15) is 24.8 Å². The van der Waals surface area contributed by atoms with Crippen molar-refractivity contribution in [3.8, 4) is 0 Å². The van der Waals surface area contributed by atoms with E-state index in [-0.39, 0.29) is 18.2 Å². The molecule has 2 heterocycles. The molecule has 1 aromatic carbocycles. The predicted molar refractivity (Wildman–Crippen MR) is 83.2 cm³/mol. The molecule has 3 rings (SSSR count). The van der Waals surface area contributed by atoms with E-state index >= 15 is 0 Å². The molecule has 6 heteroatoms. The number of methoxy groups -OCH3 is 1. The number of fused-ring (bicyclic) bond motifs is 1. The summed E-state index contributed by atoms with van der Waals surface area (Å²) in [5, 5.41) is 0. The molecule has 1 aromatic rings. The number of aryl methyl sites for hydroxylation is 1. The Morgan fingerprint density at radius 1 is 1.23 bits per heavy atom. The highest BCUT2D eigenvalue weighted by atomic mass is 32.2. The van der Waals surface area contributed by atoms with Gasteiger partial charge in [0.25, 0.3) is 0 Å². The molecule has 0 amide bonds. The lowest BCUT2D eigenvalue weighted by atomic mass is 10.0. The fourth-order valence-electron chi connectivity index (χ4n) is 3.41. The third kappa shape index (κ3) is 2.93. The highest BCUT2D eigenvalue weighted by Gasteiger charge is 2.45. The van der Waals surface area contributed by atoms with Crippen LogP contribution in [0.25, 0.3) is 0 Å². The minimum absolute atomic E-state index is 0.00544. The molecule has 2 saturated heterocycles. The molecule has 0 aliphatic carbocycles. The molecule has 2 aliphatic heterocycles. The van der Waals surface area contributed by atoms with Gasteiger partial charge in [-0.15, -0.1) is 0 Å². The first-order valence-electron chi connectivity index (χ1n) is 7.75. The van der Waals surface area contributed by atoms with Gasteiger partial charge in [-0.05, 0) is 38.3 Å². The zero-order chi connectivity index (χ0) is 15.7. The van der Waals surface area contributed by atoms with E-state index < -0.39 is 10.0 Å². The Kier molecular flexibility index (Phi) is 4.54. The Bertz CT molecular complexity index is 614. The molecule has 5 nitrogen and oxygen atoms in total. The topological polar surface area (TPSA) is 55.8 Å². The van der Waals surface area contributed by atoms with Crippen LogP contribution in [0.2, 0.25) is 0 Å². The lowest BCUT2D eigenvalue weighted by molar-refractivity contribution is -0.0872. The van der Waals surface area contributed by atoms with Crippen molar-refractivity contribution in [2.24, 2.45) is 0 Å². The van der Waals surface area contributed by atoms with E-state index in [1.807, 2.05) is 19.1 Å². The fourth-order valence-corrected chi connectivity index (χ4v) is 5.11. The molecular weight excluding hydrogens is 302 g/mol. The molecular formula is C16H23NO4S. The van der Waals surface area contributed by atoms with Crippen molar-refractivity contribution < 1.29 is 17.9 Å². The molecule has 0 unspecified atom stereocenters. The minimum atomic E-state index is -3.43. The molecule has 2 aliphatic rings. The third-order valence-electron chi connectivity index (χ3n) is 4.56. The lowest BCUT2D eigenvalue weighted by Gasteiger charge is -2.35. The van der Waals surface area contributed by atoms with Gasteiger partial charge < -0.3 is 9.47 Å². The van der Waals surface area contributed by atoms with Crippen LogP contribution < -0.4 is 0 Å². The fraction of sp³-hybridized carbons (Fsp3) is 0.625. The van der Waals surface area contributed by atoms with Crippen molar-refractivity contribution in [2.75, 3.05) is 20.3 Å². The number of benzene rings is 1. The van der Waals surface area contributed by atoms with Crippen LogP contribution in [-0.2, 0) is 19.5 Å². The molecule has 3 atom stereocenters. The van der Waals surface area contributed by atoms with Crippen LogP contribution in [0.15, 0.2) is 29.2 Å². The van der Waals surface area contributed by atoms with Crippen molar-refractivity contribution >= 4 is 10.0 Å².